The second-order valence-electron chi connectivity index (χ2n) is 13.2. The first kappa shape index (κ1) is 28.0. The molecule has 10 heteroatoms. The standard InChI is InChI=1S/C32H35ClF3N3O3/c33-27-14-26(38-10-9-37(30(38)41)18-19-1-4-25(5-2-19)32(34,35)36)6-3-21(27)13-22-7-8-39(29(22)40)28-23-11-20-12-24(28)17-31(42,15-20)16-23/h1-6,14,20,22-24,28,42H,7-13,15-18H2/t20?,22?,23-,24+,28?,31?. The first-order valence-electron chi connectivity index (χ1n) is 15.0. The summed E-state index contributed by atoms with van der Waals surface area (Å²) in [4.78, 5) is 32.1. The Bertz CT molecular complexity index is 1380. The van der Waals surface area contributed by atoms with Gasteiger partial charge in [0.05, 0.1) is 11.2 Å². The van der Waals surface area contributed by atoms with Crippen LogP contribution in [0.3, 0.4) is 0 Å². The van der Waals surface area contributed by atoms with Gasteiger partial charge in [-0.1, -0.05) is 29.8 Å². The number of alkyl halides is 3. The highest BCUT2D eigenvalue weighted by Crippen LogP contribution is 2.57. The van der Waals surface area contributed by atoms with Crippen LogP contribution in [0.1, 0.15) is 55.2 Å². The second kappa shape index (κ2) is 10.2. The Balaban J connectivity index is 0.979. The maximum absolute atomic E-state index is 13.6. The van der Waals surface area contributed by atoms with E-state index >= 15 is 0 Å². The molecule has 3 amide bonds. The van der Waals surface area contributed by atoms with Crippen molar-refractivity contribution >= 4 is 29.2 Å². The first-order chi connectivity index (χ1) is 20.0. The number of carbonyl (C=O) groups is 2. The molecule has 4 saturated carbocycles. The van der Waals surface area contributed by atoms with Gasteiger partial charge in [-0.2, -0.15) is 13.2 Å². The summed E-state index contributed by atoms with van der Waals surface area (Å²) in [6.07, 6.45) is 1.78. The second-order valence-corrected chi connectivity index (χ2v) is 13.6. The van der Waals surface area contributed by atoms with Gasteiger partial charge in [-0.3, -0.25) is 9.69 Å². The van der Waals surface area contributed by atoms with E-state index in [4.69, 9.17) is 11.6 Å². The Kier molecular flexibility index (Phi) is 6.77. The summed E-state index contributed by atoms with van der Waals surface area (Å²) in [7, 11) is 0. The van der Waals surface area contributed by atoms with Gasteiger partial charge in [-0.05, 0) is 98.1 Å². The number of anilines is 1. The highest BCUT2D eigenvalue weighted by molar-refractivity contribution is 6.31. The summed E-state index contributed by atoms with van der Waals surface area (Å²) in [5.41, 5.74) is 0.949. The highest BCUT2D eigenvalue weighted by Gasteiger charge is 2.57. The number of carbonyl (C=O) groups excluding carboxylic acids is 2. The van der Waals surface area contributed by atoms with Crippen LogP contribution >= 0.6 is 11.6 Å². The van der Waals surface area contributed by atoms with Gasteiger partial charge >= 0.3 is 12.2 Å². The fourth-order valence-corrected chi connectivity index (χ4v) is 9.09. The number of hydrogen-bond donors (Lipinski definition) is 1. The van der Waals surface area contributed by atoms with Crippen LogP contribution in [0.15, 0.2) is 42.5 Å². The quantitative estimate of drug-likeness (QED) is 0.433. The fraction of sp³-hybridized carbons (Fsp3) is 0.562. The van der Waals surface area contributed by atoms with Crippen LogP contribution in [0.25, 0.3) is 0 Å². The lowest BCUT2D eigenvalue weighted by Crippen LogP contribution is -2.62. The van der Waals surface area contributed by atoms with Crippen molar-refractivity contribution in [3.63, 3.8) is 0 Å². The van der Waals surface area contributed by atoms with E-state index in [2.05, 4.69) is 4.90 Å². The molecule has 6 nitrogen and oxygen atoms in total. The Morgan fingerprint density at radius 3 is 2.31 bits per heavy atom. The van der Waals surface area contributed by atoms with Crippen LogP contribution in [0.2, 0.25) is 5.02 Å². The molecule has 2 saturated heterocycles. The van der Waals surface area contributed by atoms with Crippen LogP contribution in [0.5, 0.6) is 0 Å². The minimum atomic E-state index is -4.40. The average Bonchev–Trinajstić information content (AvgIpc) is 3.46. The van der Waals surface area contributed by atoms with Gasteiger partial charge in [0.25, 0.3) is 0 Å². The smallest absolute Gasteiger partial charge is 0.390 e. The zero-order chi connectivity index (χ0) is 29.4. The molecule has 224 valence electrons. The monoisotopic (exact) mass is 601 g/mol. The van der Waals surface area contributed by atoms with E-state index in [-0.39, 0.29) is 30.4 Å². The third kappa shape index (κ3) is 4.96. The zero-order valence-electron chi connectivity index (χ0n) is 23.3. The van der Waals surface area contributed by atoms with Gasteiger partial charge in [0.15, 0.2) is 0 Å². The highest BCUT2D eigenvalue weighted by atomic mass is 35.5. The number of nitrogens with zero attached hydrogens (tertiary/aromatic N) is 3. The molecule has 2 aromatic carbocycles. The predicted octanol–water partition coefficient (Wildman–Crippen LogP) is 6.13. The van der Waals surface area contributed by atoms with Crippen molar-refractivity contribution in [2.75, 3.05) is 24.5 Å². The van der Waals surface area contributed by atoms with Crippen molar-refractivity contribution in [2.45, 2.75) is 69.3 Å². The number of benzene rings is 2. The third-order valence-electron chi connectivity index (χ3n) is 10.5. The topological polar surface area (TPSA) is 64.1 Å². The van der Waals surface area contributed by atoms with Crippen molar-refractivity contribution < 1.29 is 27.9 Å². The molecule has 2 aromatic rings. The van der Waals surface area contributed by atoms with Crippen LogP contribution in [0.4, 0.5) is 23.7 Å². The van der Waals surface area contributed by atoms with Crippen LogP contribution in [-0.4, -0.2) is 58.1 Å². The van der Waals surface area contributed by atoms with Crippen molar-refractivity contribution in [2.24, 2.45) is 23.7 Å². The van der Waals surface area contributed by atoms with Gasteiger partial charge in [-0.15, -0.1) is 0 Å². The maximum Gasteiger partial charge on any atom is 0.416 e. The molecule has 4 bridgehead atoms. The summed E-state index contributed by atoms with van der Waals surface area (Å²) in [5, 5.41) is 11.5. The maximum atomic E-state index is 13.6. The van der Waals surface area contributed by atoms with E-state index in [9.17, 15) is 27.9 Å². The molecule has 4 aliphatic carbocycles. The van der Waals surface area contributed by atoms with E-state index in [1.54, 1.807) is 15.9 Å². The normalized spacial score (nSPS) is 32.5. The molecule has 8 rings (SSSR count). The van der Waals surface area contributed by atoms with Gasteiger partial charge in [0.2, 0.25) is 5.91 Å². The molecule has 2 heterocycles. The molecule has 2 aliphatic heterocycles. The molecular weight excluding hydrogens is 567 g/mol. The lowest BCUT2D eigenvalue weighted by atomic mass is 9.52. The molecule has 6 fully saturated rings. The third-order valence-corrected chi connectivity index (χ3v) is 10.8. The van der Waals surface area contributed by atoms with Crippen molar-refractivity contribution in [3.05, 3.63) is 64.2 Å². The van der Waals surface area contributed by atoms with E-state index < -0.39 is 17.3 Å². The number of rotatable bonds is 6. The van der Waals surface area contributed by atoms with Crippen molar-refractivity contribution in [1.29, 1.82) is 0 Å². The average molecular weight is 602 g/mol. The predicted molar refractivity (Wildman–Crippen MR) is 152 cm³/mol. The van der Waals surface area contributed by atoms with E-state index in [1.807, 2.05) is 12.1 Å². The molecular formula is C32H35ClF3N3O3. The summed E-state index contributed by atoms with van der Waals surface area (Å²) < 4.78 is 38.6. The van der Waals surface area contributed by atoms with E-state index in [1.165, 1.54) is 12.1 Å². The number of halogens is 4. The zero-order valence-corrected chi connectivity index (χ0v) is 24.1. The Hall–Kier alpha value is -2.78. The largest absolute Gasteiger partial charge is 0.416 e. The number of aliphatic hydroxyl groups is 1. The van der Waals surface area contributed by atoms with Crippen LogP contribution in [0, 0.1) is 23.7 Å². The van der Waals surface area contributed by atoms with Crippen LogP contribution < -0.4 is 4.90 Å². The fourth-order valence-electron chi connectivity index (χ4n) is 8.84. The lowest BCUT2D eigenvalue weighted by Gasteiger charge is -2.59. The summed E-state index contributed by atoms with van der Waals surface area (Å²) >= 11 is 6.70. The minimum Gasteiger partial charge on any atom is -0.390 e. The number of amides is 3. The Morgan fingerprint density at radius 1 is 0.952 bits per heavy atom. The number of likely N-dealkylation sites (tertiary alicyclic amines) is 1. The molecule has 1 N–H and O–H groups in total. The molecule has 4 unspecified atom stereocenters. The first-order valence-corrected chi connectivity index (χ1v) is 15.4. The van der Waals surface area contributed by atoms with Crippen LogP contribution in [-0.2, 0) is 23.9 Å². The van der Waals surface area contributed by atoms with Crippen molar-refractivity contribution in [3.8, 4) is 0 Å². The van der Waals surface area contributed by atoms with Gasteiger partial charge in [-0.25, -0.2) is 4.79 Å². The number of hydrogen-bond acceptors (Lipinski definition) is 3. The molecule has 0 radical (unpaired) electrons. The van der Waals surface area contributed by atoms with Crippen molar-refractivity contribution in [1.82, 2.24) is 9.80 Å². The van der Waals surface area contributed by atoms with Gasteiger partial charge in [0.1, 0.15) is 0 Å². The van der Waals surface area contributed by atoms with Gasteiger partial charge in [0, 0.05) is 48.8 Å². The lowest BCUT2D eigenvalue weighted by molar-refractivity contribution is -0.168. The summed E-state index contributed by atoms with van der Waals surface area (Å²) in [6, 6.07) is 10.4. The molecule has 0 aromatic heterocycles. The Labute approximate surface area is 248 Å². The van der Waals surface area contributed by atoms with E-state index in [0.717, 1.165) is 62.8 Å². The minimum absolute atomic E-state index is 0.124. The van der Waals surface area contributed by atoms with Gasteiger partial charge < -0.3 is 14.9 Å². The molecule has 42 heavy (non-hydrogen) atoms. The molecule has 6 aliphatic rings. The molecule has 6 atom stereocenters. The number of urea groups is 1. The molecule has 0 spiro atoms. The van der Waals surface area contributed by atoms with E-state index in [0.29, 0.717) is 53.5 Å². The SMILES string of the molecule is O=C1N(Cc2ccc(C(F)(F)F)cc2)CCN1c1ccc(CC2CCN(C3[C@@H]4CC5C[C@H]3CC(O)(C5)C4)C2=O)c(Cl)c1. The summed E-state index contributed by atoms with van der Waals surface area (Å²) in [6.45, 7) is 1.89. The summed E-state index contributed by atoms with van der Waals surface area (Å²) in [5.74, 6) is 1.50. The Morgan fingerprint density at radius 2 is 1.67 bits per heavy atom.